The summed E-state index contributed by atoms with van der Waals surface area (Å²) in [5.41, 5.74) is 2.01. The van der Waals surface area contributed by atoms with Crippen molar-refractivity contribution in [2.75, 3.05) is 30.8 Å². The van der Waals surface area contributed by atoms with E-state index in [-0.39, 0.29) is 0 Å². The highest BCUT2D eigenvalue weighted by molar-refractivity contribution is 7.98. The maximum Gasteiger partial charge on any atom is 0.103 e. The standard InChI is InChI=1S/C17H23N3S/c1-21-17-6-2-5-16(15(17)10-18)20(14-7-8-14)12-13-4-3-9-19-11-13/h2,5-6,13-14,19H,3-4,7-9,11-12H2,1H3. The predicted molar refractivity (Wildman–Crippen MR) is 88.9 cm³/mol. The van der Waals surface area contributed by atoms with Crippen molar-refractivity contribution < 1.29 is 0 Å². The molecular formula is C17H23N3S. The minimum Gasteiger partial charge on any atom is -0.367 e. The molecule has 1 saturated heterocycles. The van der Waals surface area contributed by atoms with Crippen molar-refractivity contribution in [2.45, 2.75) is 36.6 Å². The van der Waals surface area contributed by atoms with Gasteiger partial charge >= 0.3 is 0 Å². The van der Waals surface area contributed by atoms with Gasteiger partial charge in [-0.2, -0.15) is 5.26 Å². The van der Waals surface area contributed by atoms with Crippen LogP contribution in [0.15, 0.2) is 23.1 Å². The average molecular weight is 301 g/mol. The molecule has 0 amide bonds. The highest BCUT2D eigenvalue weighted by atomic mass is 32.2. The number of nitriles is 1. The van der Waals surface area contributed by atoms with Crippen LogP contribution in [0.1, 0.15) is 31.2 Å². The fourth-order valence-corrected chi connectivity index (χ4v) is 3.80. The third-order valence-corrected chi connectivity index (χ3v) is 5.27. The Morgan fingerprint density at radius 1 is 1.38 bits per heavy atom. The van der Waals surface area contributed by atoms with E-state index in [9.17, 15) is 5.26 Å². The lowest BCUT2D eigenvalue weighted by atomic mass is 9.98. The highest BCUT2D eigenvalue weighted by Gasteiger charge is 2.32. The zero-order valence-electron chi connectivity index (χ0n) is 12.6. The van der Waals surface area contributed by atoms with Crippen LogP contribution in [-0.4, -0.2) is 31.9 Å². The molecule has 1 aliphatic carbocycles. The first kappa shape index (κ1) is 14.7. The Morgan fingerprint density at radius 2 is 2.24 bits per heavy atom. The maximum atomic E-state index is 9.58. The van der Waals surface area contributed by atoms with Gasteiger partial charge < -0.3 is 10.2 Å². The Labute approximate surface area is 131 Å². The fourth-order valence-electron chi connectivity index (χ4n) is 3.23. The normalized spacial score (nSPS) is 21.8. The summed E-state index contributed by atoms with van der Waals surface area (Å²) in [7, 11) is 0. The maximum absolute atomic E-state index is 9.58. The first-order valence-electron chi connectivity index (χ1n) is 7.88. The Hall–Kier alpha value is -1.18. The molecule has 0 radical (unpaired) electrons. The summed E-state index contributed by atoms with van der Waals surface area (Å²) < 4.78 is 0. The first-order chi connectivity index (χ1) is 10.3. The third kappa shape index (κ3) is 3.36. The van der Waals surface area contributed by atoms with Crippen LogP contribution in [-0.2, 0) is 0 Å². The third-order valence-electron chi connectivity index (χ3n) is 4.49. The van der Waals surface area contributed by atoms with E-state index in [4.69, 9.17) is 0 Å². The SMILES string of the molecule is CSc1cccc(N(CC2CCCNC2)C2CC2)c1C#N. The second-order valence-electron chi connectivity index (χ2n) is 6.06. The van der Waals surface area contributed by atoms with Crippen LogP contribution in [0.5, 0.6) is 0 Å². The largest absolute Gasteiger partial charge is 0.367 e. The predicted octanol–water partition coefficient (Wildman–Crippen LogP) is 3.25. The molecule has 1 aromatic rings. The molecule has 112 valence electrons. The van der Waals surface area contributed by atoms with Crippen molar-refractivity contribution in [3.05, 3.63) is 23.8 Å². The number of nitrogens with one attached hydrogen (secondary N) is 1. The summed E-state index contributed by atoms with van der Waals surface area (Å²) in [5, 5.41) is 13.1. The molecule has 1 heterocycles. The molecule has 1 N–H and O–H groups in total. The minimum atomic E-state index is 0.649. The number of hydrogen-bond donors (Lipinski definition) is 1. The fraction of sp³-hybridized carbons (Fsp3) is 0.588. The van der Waals surface area contributed by atoms with E-state index in [1.165, 1.54) is 25.7 Å². The second kappa shape index (κ2) is 6.72. The zero-order valence-corrected chi connectivity index (χ0v) is 13.5. The van der Waals surface area contributed by atoms with Crippen LogP contribution >= 0.6 is 11.8 Å². The van der Waals surface area contributed by atoms with Crippen LogP contribution in [0, 0.1) is 17.2 Å². The molecule has 21 heavy (non-hydrogen) atoms. The van der Waals surface area contributed by atoms with E-state index in [1.807, 2.05) is 6.26 Å². The van der Waals surface area contributed by atoms with E-state index in [0.717, 1.165) is 35.8 Å². The van der Waals surface area contributed by atoms with E-state index >= 15 is 0 Å². The molecule has 1 aliphatic heterocycles. The summed E-state index contributed by atoms with van der Waals surface area (Å²) >= 11 is 1.67. The topological polar surface area (TPSA) is 39.1 Å². The molecule has 3 rings (SSSR count). The van der Waals surface area contributed by atoms with Gasteiger partial charge in [0, 0.05) is 17.5 Å². The van der Waals surface area contributed by atoms with Crippen LogP contribution in [0.3, 0.4) is 0 Å². The first-order valence-corrected chi connectivity index (χ1v) is 9.10. The Balaban J connectivity index is 1.85. The molecule has 0 spiro atoms. The number of nitrogens with zero attached hydrogens (tertiary/aromatic N) is 2. The average Bonchev–Trinajstić information content (AvgIpc) is 3.37. The van der Waals surface area contributed by atoms with Crippen LogP contribution in [0.4, 0.5) is 5.69 Å². The van der Waals surface area contributed by atoms with Gasteiger partial charge in [-0.25, -0.2) is 0 Å². The molecule has 0 bridgehead atoms. The summed E-state index contributed by atoms with van der Waals surface area (Å²) in [6.07, 6.45) is 7.18. The molecule has 4 heteroatoms. The molecule has 2 aliphatic rings. The highest BCUT2D eigenvalue weighted by Crippen LogP contribution is 2.37. The summed E-state index contributed by atoms with van der Waals surface area (Å²) in [6.45, 7) is 3.36. The molecular weight excluding hydrogens is 278 g/mol. The monoisotopic (exact) mass is 301 g/mol. The van der Waals surface area contributed by atoms with E-state index < -0.39 is 0 Å². The Kier molecular flexibility index (Phi) is 4.72. The van der Waals surface area contributed by atoms with Gasteiger partial charge in [-0.05, 0) is 63.1 Å². The van der Waals surface area contributed by atoms with Crippen LogP contribution < -0.4 is 10.2 Å². The molecule has 2 fully saturated rings. The molecule has 1 aromatic carbocycles. The molecule has 1 unspecified atom stereocenters. The number of hydrogen-bond acceptors (Lipinski definition) is 4. The van der Waals surface area contributed by atoms with E-state index in [0.29, 0.717) is 12.0 Å². The summed E-state index contributed by atoms with van der Waals surface area (Å²) in [6, 6.07) is 9.37. The van der Waals surface area contributed by atoms with E-state index in [1.54, 1.807) is 11.8 Å². The van der Waals surface area contributed by atoms with Crippen LogP contribution in [0.2, 0.25) is 0 Å². The second-order valence-corrected chi connectivity index (χ2v) is 6.91. The zero-order chi connectivity index (χ0) is 14.7. The smallest absolute Gasteiger partial charge is 0.103 e. The molecule has 3 nitrogen and oxygen atoms in total. The molecule has 0 aromatic heterocycles. The van der Waals surface area contributed by atoms with Crippen molar-refractivity contribution in [3.8, 4) is 6.07 Å². The Bertz CT molecular complexity index is 527. The van der Waals surface area contributed by atoms with Gasteiger partial charge in [-0.1, -0.05) is 6.07 Å². The summed E-state index contributed by atoms with van der Waals surface area (Å²) in [4.78, 5) is 3.61. The van der Waals surface area contributed by atoms with Crippen molar-refractivity contribution >= 4 is 17.4 Å². The van der Waals surface area contributed by atoms with E-state index in [2.05, 4.69) is 34.5 Å². The lowest BCUT2D eigenvalue weighted by Crippen LogP contribution is -2.39. The quantitative estimate of drug-likeness (QED) is 0.847. The summed E-state index contributed by atoms with van der Waals surface area (Å²) in [5.74, 6) is 0.712. The number of thioether (sulfide) groups is 1. The van der Waals surface area contributed by atoms with Crippen molar-refractivity contribution in [3.63, 3.8) is 0 Å². The van der Waals surface area contributed by atoms with Gasteiger partial charge in [-0.3, -0.25) is 0 Å². The van der Waals surface area contributed by atoms with Crippen molar-refractivity contribution in [1.82, 2.24) is 5.32 Å². The number of anilines is 1. The number of piperidine rings is 1. The minimum absolute atomic E-state index is 0.649. The lowest BCUT2D eigenvalue weighted by molar-refractivity contribution is 0.376. The van der Waals surface area contributed by atoms with Gasteiger partial charge in [-0.15, -0.1) is 11.8 Å². The van der Waals surface area contributed by atoms with Gasteiger partial charge in [0.25, 0.3) is 0 Å². The number of rotatable bonds is 5. The number of benzene rings is 1. The van der Waals surface area contributed by atoms with Gasteiger partial charge in [0.15, 0.2) is 0 Å². The molecule has 1 saturated carbocycles. The lowest BCUT2D eigenvalue weighted by Gasteiger charge is -2.32. The van der Waals surface area contributed by atoms with Crippen molar-refractivity contribution in [2.24, 2.45) is 5.92 Å². The Morgan fingerprint density at radius 3 is 2.86 bits per heavy atom. The molecule has 1 atom stereocenters. The van der Waals surface area contributed by atoms with Crippen LogP contribution in [0.25, 0.3) is 0 Å². The van der Waals surface area contributed by atoms with Crippen molar-refractivity contribution in [1.29, 1.82) is 5.26 Å². The van der Waals surface area contributed by atoms with Gasteiger partial charge in [0.1, 0.15) is 6.07 Å². The van der Waals surface area contributed by atoms with Gasteiger partial charge in [0.2, 0.25) is 0 Å². The van der Waals surface area contributed by atoms with Gasteiger partial charge in [0.05, 0.1) is 11.3 Å².